The van der Waals surface area contributed by atoms with E-state index in [1.54, 1.807) is 13.8 Å². The van der Waals surface area contributed by atoms with Crippen LogP contribution >= 0.6 is 0 Å². The normalized spacial score (nSPS) is 12.3. The molecule has 8 nitrogen and oxygen atoms in total. The van der Waals surface area contributed by atoms with Crippen molar-refractivity contribution >= 4 is 27.6 Å². The highest BCUT2D eigenvalue weighted by molar-refractivity contribution is 7.89. The van der Waals surface area contributed by atoms with E-state index in [4.69, 9.17) is 4.74 Å². The van der Waals surface area contributed by atoms with Gasteiger partial charge in [0.1, 0.15) is 5.75 Å². The van der Waals surface area contributed by atoms with Crippen LogP contribution in [-0.4, -0.2) is 39.6 Å². The number of alkyl halides is 2. The minimum atomic E-state index is -3.80. The van der Waals surface area contributed by atoms with Crippen molar-refractivity contribution in [2.45, 2.75) is 38.4 Å². The summed E-state index contributed by atoms with van der Waals surface area (Å²) in [4.78, 5) is 24.8. The van der Waals surface area contributed by atoms with Gasteiger partial charge in [-0.3, -0.25) is 4.79 Å². The summed E-state index contributed by atoms with van der Waals surface area (Å²) in [7, 11) is -3.80. The first-order valence-corrected chi connectivity index (χ1v) is 10.7. The maximum atomic E-state index is 12.5. The average Bonchev–Trinajstić information content (AvgIpc) is 2.69. The third-order valence-electron chi connectivity index (χ3n) is 4.09. The van der Waals surface area contributed by atoms with Gasteiger partial charge in [-0.1, -0.05) is 25.1 Å². The second kappa shape index (κ2) is 10.3. The first kappa shape index (κ1) is 24.2. The van der Waals surface area contributed by atoms with Crippen molar-refractivity contribution in [2.24, 2.45) is 0 Å². The molecule has 1 unspecified atom stereocenters. The number of amides is 1. The van der Waals surface area contributed by atoms with E-state index in [0.717, 1.165) is 6.07 Å². The van der Waals surface area contributed by atoms with Gasteiger partial charge in [-0.25, -0.2) is 17.9 Å². The van der Waals surface area contributed by atoms with Crippen LogP contribution in [0.15, 0.2) is 47.4 Å². The number of ether oxygens (including phenoxy) is 2. The van der Waals surface area contributed by atoms with Gasteiger partial charge in [0.15, 0.2) is 6.10 Å². The highest BCUT2D eigenvalue weighted by Gasteiger charge is 2.23. The van der Waals surface area contributed by atoms with Crippen LogP contribution in [0, 0.1) is 6.92 Å². The number of aryl methyl sites for hydroxylation is 1. The smallest absolute Gasteiger partial charge is 0.387 e. The molecule has 0 aliphatic carbocycles. The highest BCUT2D eigenvalue weighted by atomic mass is 32.2. The molecular weight excluding hydrogens is 434 g/mol. The number of para-hydroxylation sites is 2. The minimum absolute atomic E-state index is 0.0226. The van der Waals surface area contributed by atoms with Crippen LogP contribution < -0.4 is 14.8 Å². The Kier molecular flexibility index (Phi) is 8.06. The first-order valence-electron chi connectivity index (χ1n) is 9.21. The molecule has 168 valence electrons. The molecule has 0 saturated heterocycles. The van der Waals surface area contributed by atoms with Crippen LogP contribution in [0.5, 0.6) is 5.75 Å². The van der Waals surface area contributed by atoms with Crippen molar-refractivity contribution in [3.63, 3.8) is 0 Å². The van der Waals surface area contributed by atoms with E-state index < -0.39 is 34.6 Å². The molecule has 11 heteroatoms. The quantitative estimate of drug-likeness (QED) is 0.561. The maximum absolute atomic E-state index is 12.5. The van der Waals surface area contributed by atoms with Gasteiger partial charge in [0, 0.05) is 6.54 Å². The molecule has 0 aliphatic heterocycles. The topological polar surface area (TPSA) is 111 Å². The molecule has 0 spiro atoms. The number of halogens is 2. The second-order valence-electron chi connectivity index (χ2n) is 6.39. The van der Waals surface area contributed by atoms with Crippen LogP contribution in [0.1, 0.15) is 29.8 Å². The zero-order valence-corrected chi connectivity index (χ0v) is 17.8. The minimum Gasteiger partial charge on any atom is -0.449 e. The van der Waals surface area contributed by atoms with Gasteiger partial charge in [0.25, 0.3) is 5.91 Å². The number of hydrogen-bond donors (Lipinski definition) is 2. The Morgan fingerprint density at radius 1 is 1.13 bits per heavy atom. The van der Waals surface area contributed by atoms with Crippen molar-refractivity contribution in [3.05, 3.63) is 53.6 Å². The number of carbonyl (C=O) groups is 2. The Labute approximate surface area is 178 Å². The van der Waals surface area contributed by atoms with Gasteiger partial charge >= 0.3 is 12.6 Å². The number of esters is 1. The van der Waals surface area contributed by atoms with Gasteiger partial charge in [-0.15, -0.1) is 0 Å². The summed E-state index contributed by atoms with van der Waals surface area (Å²) in [5, 5.41) is 2.36. The largest absolute Gasteiger partial charge is 0.449 e. The van der Waals surface area contributed by atoms with Crippen molar-refractivity contribution < 1.29 is 36.3 Å². The van der Waals surface area contributed by atoms with E-state index >= 15 is 0 Å². The van der Waals surface area contributed by atoms with E-state index in [1.165, 1.54) is 43.3 Å². The molecule has 0 saturated carbocycles. The number of carbonyl (C=O) groups excluding carboxylic acids is 2. The van der Waals surface area contributed by atoms with E-state index in [-0.39, 0.29) is 28.4 Å². The molecular formula is C20H22F2N2O6S. The first-order chi connectivity index (χ1) is 14.5. The Hall–Kier alpha value is -3.05. The monoisotopic (exact) mass is 456 g/mol. The summed E-state index contributed by atoms with van der Waals surface area (Å²) in [5.41, 5.74) is 0.398. The Morgan fingerprint density at radius 3 is 2.45 bits per heavy atom. The van der Waals surface area contributed by atoms with Crippen LogP contribution in [0.3, 0.4) is 0 Å². The lowest BCUT2D eigenvalue weighted by molar-refractivity contribution is -0.123. The number of benzene rings is 2. The van der Waals surface area contributed by atoms with E-state index in [0.29, 0.717) is 5.56 Å². The lowest BCUT2D eigenvalue weighted by atomic mass is 10.1. The molecule has 0 aliphatic rings. The average molecular weight is 456 g/mol. The van der Waals surface area contributed by atoms with Crippen molar-refractivity contribution in [1.29, 1.82) is 0 Å². The number of hydrogen-bond acceptors (Lipinski definition) is 6. The number of nitrogens with one attached hydrogen (secondary N) is 2. The van der Waals surface area contributed by atoms with Crippen molar-refractivity contribution in [2.75, 3.05) is 11.9 Å². The number of sulfonamides is 1. The Morgan fingerprint density at radius 2 is 1.81 bits per heavy atom. The van der Waals surface area contributed by atoms with Gasteiger partial charge < -0.3 is 14.8 Å². The summed E-state index contributed by atoms with van der Waals surface area (Å²) in [6, 6.07) is 9.51. The zero-order valence-electron chi connectivity index (χ0n) is 17.0. The molecule has 2 aromatic carbocycles. The fourth-order valence-electron chi connectivity index (χ4n) is 2.54. The lowest BCUT2D eigenvalue weighted by Gasteiger charge is -2.16. The molecule has 0 heterocycles. The summed E-state index contributed by atoms with van der Waals surface area (Å²) in [6.07, 6.45) is -1.31. The maximum Gasteiger partial charge on any atom is 0.387 e. The van der Waals surface area contributed by atoms with Gasteiger partial charge in [0.2, 0.25) is 10.0 Å². The molecule has 1 atom stereocenters. The molecule has 2 N–H and O–H groups in total. The van der Waals surface area contributed by atoms with Gasteiger partial charge in [-0.2, -0.15) is 8.78 Å². The van der Waals surface area contributed by atoms with Gasteiger partial charge in [-0.05, 0) is 43.7 Å². The zero-order chi connectivity index (χ0) is 23.2. The lowest BCUT2D eigenvalue weighted by Crippen LogP contribution is -2.30. The Balaban J connectivity index is 2.15. The second-order valence-corrected chi connectivity index (χ2v) is 8.16. The Bertz CT molecular complexity index is 1060. The number of rotatable bonds is 9. The van der Waals surface area contributed by atoms with E-state index in [9.17, 15) is 26.8 Å². The summed E-state index contributed by atoms with van der Waals surface area (Å²) in [6.45, 7) is 1.58. The summed E-state index contributed by atoms with van der Waals surface area (Å²) >= 11 is 0. The predicted octanol–water partition coefficient (Wildman–Crippen LogP) is 3.08. The predicted molar refractivity (Wildman–Crippen MR) is 109 cm³/mol. The SMILES string of the molecule is CCNS(=O)(=O)c1ccc(C)c(C(=O)OC(C)C(=O)Nc2ccccc2OC(F)F)c1. The van der Waals surface area contributed by atoms with E-state index in [1.807, 2.05) is 0 Å². The van der Waals surface area contributed by atoms with E-state index in [2.05, 4.69) is 14.8 Å². The van der Waals surface area contributed by atoms with Crippen LogP contribution in [0.4, 0.5) is 14.5 Å². The molecule has 2 rings (SSSR count). The van der Waals surface area contributed by atoms with Crippen LogP contribution in [-0.2, 0) is 19.6 Å². The highest BCUT2D eigenvalue weighted by Crippen LogP contribution is 2.26. The third-order valence-corrected chi connectivity index (χ3v) is 5.63. The summed E-state index contributed by atoms with van der Waals surface area (Å²) < 4.78 is 61.2. The molecule has 0 aromatic heterocycles. The fourth-order valence-corrected chi connectivity index (χ4v) is 3.61. The van der Waals surface area contributed by atoms with Crippen LogP contribution in [0.2, 0.25) is 0 Å². The molecule has 0 fully saturated rings. The standard InChI is InChI=1S/C20H22F2N2O6S/c1-4-23-31(27,28)14-10-9-12(2)15(11-14)19(26)29-13(3)18(25)24-16-7-5-6-8-17(16)30-20(21)22/h5-11,13,20,23H,4H2,1-3H3,(H,24,25). The summed E-state index contributed by atoms with van der Waals surface area (Å²) in [5.74, 6) is -1.94. The van der Waals surface area contributed by atoms with Crippen LogP contribution in [0.25, 0.3) is 0 Å². The fraction of sp³-hybridized carbons (Fsp3) is 0.300. The van der Waals surface area contributed by atoms with Crippen molar-refractivity contribution in [3.8, 4) is 5.75 Å². The third kappa shape index (κ3) is 6.46. The molecule has 2 aromatic rings. The molecule has 0 bridgehead atoms. The molecule has 0 radical (unpaired) electrons. The van der Waals surface area contributed by atoms with Gasteiger partial charge in [0.05, 0.1) is 16.1 Å². The number of anilines is 1. The van der Waals surface area contributed by atoms with Crippen molar-refractivity contribution in [1.82, 2.24) is 4.72 Å². The molecule has 1 amide bonds. The molecule has 31 heavy (non-hydrogen) atoms.